The summed E-state index contributed by atoms with van der Waals surface area (Å²) in [5.41, 5.74) is 3.29. The number of nitrogens with zero attached hydrogens (tertiary/aromatic N) is 6. The first kappa shape index (κ1) is 20.5. The van der Waals surface area contributed by atoms with E-state index < -0.39 is 6.61 Å². The van der Waals surface area contributed by atoms with E-state index in [0.29, 0.717) is 40.3 Å². The predicted molar refractivity (Wildman–Crippen MR) is 122 cm³/mol. The first-order chi connectivity index (χ1) is 16.5. The lowest BCUT2D eigenvalue weighted by Crippen LogP contribution is -2.24. The number of aryl methyl sites for hydroxylation is 1. The van der Waals surface area contributed by atoms with Gasteiger partial charge in [0.25, 0.3) is 5.56 Å². The van der Waals surface area contributed by atoms with E-state index >= 15 is 0 Å². The molecule has 2 aromatic carbocycles. The summed E-state index contributed by atoms with van der Waals surface area (Å²) in [6.45, 7) is -2.21. The molecule has 172 valence electrons. The van der Waals surface area contributed by atoms with Crippen molar-refractivity contribution in [3.8, 4) is 22.6 Å². The largest absolute Gasteiger partial charge is 0.435 e. The van der Waals surface area contributed by atoms with Gasteiger partial charge in [-0.05, 0) is 54.7 Å². The van der Waals surface area contributed by atoms with E-state index in [0.717, 1.165) is 23.7 Å². The van der Waals surface area contributed by atoms with E-state index in [9.17, 15) is 13.6 Å². The Balaban J connectivity index is 1.56. The van der Waals surface area contributed by atoms with Crippen molar-refractivity contribution >= 4 is 21.9 Å². The number of rotatable bonds is 6. The summed E-state index contributed by atoms with van der Waals surface area (Å²) in [7, 11) is 1.84. The van der Waals surface area contributed by atoms with E-state index in [1.54, 1.807) is 29.1 Å². The van der Waals surface area contributed by atoms with Crippen LogP contribution in [0.2, 0.25) is 0 Å². The second-order valence-electron chi connectivity index (χ2n) is 8.54. The highest BCUT2D eigenvalue weighted by Gasteiger charge is 2.25. The third-order valence-electron chi connectivity index (χ3n) is 6.01. The lowest BCUT2D eigenvalue weighted by Gasteiger charge is -2.12. The quantitative estimate of drug-likeness (QED) is 0.379. The highest BCUT2D eigenvalue weighted by molar-refractivity contribution is 5.91. The molecule has 0 unspecified atom stereocenters. The fourth-order valence-electron chi connectivity index (χ4n) is 4.26. The zero-order valence-electron chi connectivity index (χ0n) is 18.2. The van der Waals surface area contributed by atoms with Gasteiger partial charge in [0.2, 0.25) is 0 Å². The van der Waals surface area contributed by atoms with Crippen molar-refractivity contribution in [3.63, 3.8) is 0 Å². The topological polar surface area (TPSA) is 79.8 Å². The lowest BCUT2D eigenvalue weighted by molar-refractivity contribution is -0.0498. The Morgan fingerprint density at radius 1 is 1.09 bits per heavy atom. The molecular formula is C24H20F2N6O2. The number of halogens is 2. The van der Waals surface area contributed by atoms with E-state index in [4.69, 9.17) is 0 Å². The van der Waals surface area contributed by atoms with Crippen molar-refractivity contribution in [3.05, 3.63) is 65.2 Å². The number of hydrogen-bond acceptors (Lipinski definition) is 5. The van der Waals surface area contributed by atoms with Gasteiger partial charge in [0.1, 0.15) is 16.8 Å². The average Bonchev–Trinajstić information content (AvgIpc) is 3.42. The minimum atomic E-state index is -2.92. The molecule has 3 heterocycles. The summed E-state index contributed by atoms with van der Waals surface area (Å²) < 4.78 is 34.6. The molecule has 1 aliphatic carbocycles. The Morgan fingerprint density at radius 3 is 2.62 bits per heavy atom. The van der Waals surface area contributed by atoms with Crippen molar-refractivity contribution in [2.24, 2.45) is 13.0 Å². The number of benzene rings is 2. The molecule has 8 nitrogen and oxygen atoms in total. The van der Waals surface area contributed by atoms with Gasteiger partial charge in [-0.3, -0.25) is 14.2 Å². The summed E-state index contributed by atoms with van der Waals surface area (Å²) in [6.07, 6.45) is 5.80. The lowest BCUT2D eigenvalue weighted by atomic mass is 10.1. The van der Waals surface area contributed by atoms with Crippen LogP contribution in [0.4, 0.5) is 8.78 Å². The monoisotopic (exact) mass is 462 g/mol. The number of ether oxygens (including phenoxy) is 1. The molecular weight excluding hydrogens is 442 g/mol. The van der Waals surface area contributed by atoms with Crippen molar-refractivity contribution in [1.82, 2.24) is 29.3 Å². The minimum absolute atomic E-state index is 0.0258. The van der Waals surface area contributed by atoms with Crippen LogP contribution in [0.5, 0.6) is 5.75 Å². The molecule has 0 atom stereocenters. The van der Waals surface area contributed by atoms with Crippen molar-refractivity contribution in [2.45, 2.75) is 26.0 Å². The number of hydrogen-bond donors (Lipinski definition) is 0. The molecule has 10 heteroatoms. The van der Waals surface area contributed by atoms with Crippen LogP contribution in [-0.4, -0.2) is 36.0 Å². The molecule has 6 rings (SSSR count). The number of alkyl halides is 2. The van der Waals surface area contributed by atoms with Crippen molar-refractivity contribution in [2.75, 3.05) is 0 Å². The van der Waals surface area contributed by atoms with Gasteiger partial charge in [0.05, 0.1) is 23.0 Å². The Bertz CT molecular complexity index is 1580. The van der Waals surface area contributed by atoms with Gasteiger partial charge in [0.15, 0.2) is 0 Å². The summed E-state index contributed by atoms with van der Waals surface area (Å²) in [5.74, 6) is 0.561. The van der Waals surface area contributed by atoms with Crippen LogP contribution in [0.1, 0.15) is 12.8 Å². The van der Waals surface area contributed by atoms with Crippen LogP contribution in [-0.2, 0) is 13.6 Å². The van der Waals surface area contributed by atoms with Crippen LogP contribution < -0.4 is 10.3 Å². The first-order valence-electron chi connectivity index (χ1n) is 10.9. The molecule has 34 heavy (non-hydrogen) atoms. The van der Waals surface area contributed by atoms with Crippen LogP contribution in [0.3, 0.4) is 0 Å². The predicted octanol–water partition coefficient (Wildman–Crippen LogP) is 4.15. The molecule has 0 saturated heterocycles. The fraction of sp³-hybridized carbons (Fsp3) is 0.250. The van der Waals surface area contributed by atoms with Gasteiger partial charge in [-0.2, -0.15) is 28.8 Å². The van der Waals surface area contributed by atoms with Gasteiger partial charge in [-0.25, -0.2) is 0 Å². The summed E-state index contributed by atoms with van der Waals surface area (Å²) in [4.78, 5) is 13.8. The Morgan fingerprint density at radius 2 is 1.88 bits per heavy atom. The number of aromatic nitrogens is 6. The molecule has 0 spiro atoms. The van der Waals surface area contributed by atoms with Gasteiger partial charge in [-0.15, -0.1) is 0 Å². The molecule has 1 fully saturated rings. The summed E-state index contributed by atoms with van der Waals surface area (Å²) in [5, 5.41) is 14.4. The molecule has 5 aromatic rings. The molecule has 0 amide bonds. The van der Waals surface area contributed by atoms with Crippen LogP contribution >= 0.6 is 0 Å². The molecule has 0 N–H and O–H groups in total. The molecule has 0 radical (unpaired) electrons. The normalized spacial score (nSPS) is 13.9. The van der Waals surface area contributed by atoms with E-state index in [2.05, 4.69) is 20.0 Å². The standard InChI is InChI=1S/C24H20F2N6O2/c1-30-13-16-10-17(6-9-19(16)28-30)32-23(33)21(15-4-7-18(8-5-15)34-24(25)26)22-20(29-32)11-27-31(22)12-14-2-3-14/h4-11,13-14,24H,2-3,12H2,1H3. The smallest absolute Gasteiger partial charge is 0.387 e. The van der Waals surface area contributed by atoms with Gasteiger partial charge < -0.3 is 4.74 Å². The summed E-state index contributed by atoms with van der Waals surface area (Å²) >= 11 is 0. The van der Waals surface area contributed by atoms with Crippen LogP contribution in [0.25, 0.3) is 38.8 Å². The Labute approximate surface area is 192 Å². The highest BCUT2D eigenvalue weighted by atomic mass is 19.3. The third kappa shape index (κ3) is 3.60. The second-order valence-corrected chi connectivity index (χ2v) is 8.54. The average molecular weight is 462 g/mol. The van der Waals surface area contributed by atoms with E-state index in [1.165, 1.54) is 16.8 Å². The molecule has 0 aliphatic heterocycles. The van der Waals surface area contributed by atoms with Crippen LogP contribution in [0, 0.1) is 5.92 Å². The summed E-state index contributed by atoms with van der Waals surface area (Å²) in [6, 6.07) is 11.6. The van der Waals surface area contributed by atoms with E-state index in [-0.39, 0.29) is 11.3 Å². The molecule has 3 aromatic heterocycles. The van der Waals surface area contributed by atoms with Gasteiger partial charge in [-0.1, -0.05) is 12.1 Å². The van der Waals surface area contributed by atoms with Crippen molar-refractivity contribution in [1.29, 1.82) is 0 Å². The highest BCUT2D eigenvalue weighted by Crippen LogP contribution is 2.33. The molecule has 0 bridgehead atoms. The maximum absolute atomic E-state index is 13.8. The third-order valence-corrected chi connectivity index (χ3v) is 6.01. The SMILES string of the molecule is Cn1cc2cc(-n3nc4cnn(CC5CC5)c4c(-c4ccc(OC(F)F)cc4)c3=O)ccc2n1. The maximum atomic E-state index is 13.8. The van der Waals surface area contributed by atoms with Gasteiger partial charge in [0, 0.05) is 25.2 Å². The van der Waals surface area contributed by atoms with Crippen molar-refractivity contribution < 1.29 is 13.5 Å². The zero-order chi connectivity index (χ0) is 23.4. The molecule has 1 aliphatic rings. The Kier molecular flexibility index (Phi) is 4.68. The minimum Gasteiger partial charge on any atom is -0.435 e. The Hall–Kier alpha value is -4.08. The van der Waals surface area contributed by atoms with Crippen LogP contribution in [0.15, 0.2) is 59.7 Å². The zero-order valence-corrected chi connectivity index (χ0v) is 18.2. The van der Waals surface area contributed by atoms with E-state index in [1.807, 2.05) is 30.1 Å². The van der Waals surface area contributed by atoms with Gasteiger partial charge >= 0.3 is 6.61 Å². The number of fused-ring (bicyclic) bond motifs is 2. The first-order valence-corrected chi connectivity index (χ1v) is 10.9. The maximum Gasteiger partial charge on any atom is 0.387 e. The second kappa shape index (κ2) is 7.75. The molecule has 1 saturated carbocycles. The fourth-order valence-corrected chi connectivity index (χ4v) is 4.26.